The molecule has 1 rings (SSSR count). The summed E-state index contributed by atoms with van der Waals surface area (Å²) in [5.41, 5.74) is 0. The van der Waals surface area contributed by atoms with Crippen LogP contribution in [0.1, 0.15) is 19.3 Å². The van der Waals surface area contributed by atoms with Crippen LogP contribution in [0.5, 0.6) is 0 Å². The lowest BCUT2D eigenvalue weighted by molar-refractivity contribution is 0.103. The van der Waals surface area contributed by atoms with E-state index in [9.17, 15) is 0 Å². The second-order valence-electron chi connectivity index (χ2n) is 3.90. The molecular formula is C10H21NOS. The topological polar surface area (TPSA) is 12.5 Å². The lowest BCUT2D eigenvalue weighted by Gasteiger charge is -2.15. The third kappa shape index (κ3) is 6.36. The molecule has 0 aliphatic heterocycles. The summed E-state index contributed by atoms with van der Waals surface area (Å²) in [6.45, 7) is 4.07. The van der Waals surface area contributed by atoms with Gasteiger partial charge in [0.2, 0.25) is 0 Å². The van der Waals surface area contributed by atoms with E-state index in [-0.39, 0.29) is 0 Å². The molecule has 0 unspecified atom stereocenters. The van der Waals surface area contributed by atoms with Crippen molar-refractivity contribution < 1.29 is 4.74 Å². The van der Waals surface area contributed by atoms with Crippen molar-refractivity contribution in [2.75, 3.05) is 39.1 Å². The van der Waals surface area contributed by atoms with Crippen molar-refractivity contribution in [1.82, 2.24) is 4.90 Å². The second kappa shape index (κ2) is 6.68. The van der Waals surface area contributed by atoms with Crippen molar-refractivity contribution in [2.24, 2.45) is 5.92 Å². The summed E-state index contributed by atoms with van der Waals surface area (Å²) in [6, 6.07) is 0. The Bertz CT molecular complexity index is 128. The molecule has 0 heterocycles. The SMILES string of the molecule is CN(CCCS)CCOCC1CC1. The van der Waals surface area contributed by atoms with Gasteiger partial charge in [0.05, 0.1) is 6.61 Å². The van der Waals surface area contributed by atoms with Gasteiger partial charge in [-0.1, -0.05) is 0 Å². The highest BCUT2D eigenvalue weighted by Gasteiger charge is 2.20. The molecule has 0 N–H and O–H groups in total. The maximum absolute atomic E-state index is 5.55. The molecule has 0 aromatic rings. The van der Waals surface area contributed by atoms with Gasteiger partial charge in [-0.05, 0) is 44.5 Å². The molecule has 0 amide bonds. The molecule has 78 valence electrons. The van der Waals surface area contributed by atoms with Crippen molar-refractivity contribution >= 4 is 12.6 Å². The number of rotatable bonds is 8. The Labute approximate surface area is 87.0 Å². The van der Waals surface area contributed by atoms with Crippen molar-refractivity contribution in [1.29, 1.82) is 0 Å². The summed E-state index contributed by atoms with van der Waals surface area (Å²) < 4.78 is 5.55. The van der Waals surface area contributed by atoms with Crippen LogP contribution in [-0.4, -0.2) is 44.0 Å². The minimum Gasteiger partial charge on any atom is -0.380 e. The summed E-state index contributed by atoms with van der Waals surface area (Å²) in [5.74, 6) is 1.87. The molecule has 2 nitrogen and oxygen atoms in total. The summed E-state index contributed by atoms with van der Waals surface area (Å²) in [5, 5.41) is 0. The van der Waals surface area contributed by atoms with Crippen molar-refractivity contribution in [3.63, 3.8) is 0 Å². The van der Waals surface area contributed by atoms with Crippen LogP contribution in [-0.2, 0) is 4.74 Å². The Morgan fingerprint density at radius 2 is 2.15 bits per heavy atom. The summed E-state index contributed by atoms with van der Waals surface area (Å²) in [7, 11) is 2.14. The lowest BCUT2D eigenvalue weighted by atomic mass is 10.4. The van der Waals surface area contributed by atoms with E-state index in [2.05, 4.69) is 24.6 Å². The predicted molar refractivity (Wildman–Crippen MR) is 59.5 cm³/mol. The van der Waals surface area contributed by atoms with Crippen LogP contribution < -0.4 is 0 Å². The normalized spacial score (nSPS) is 16.8. The zero-order valence-electron chi connectivity index (χ0n) is 8.54. The van der Waals surface area contributed by atoms with Crippen LogP contribution >= 0.6 is 12.6 Å². The molecule has 0 radical (unpaired) electrons. The quantitative estimate of drug-likeness (QED) is 0.476. The Hall–Kier alpha value is 0.270. The number of ether oxygens (including phenoxy) is 1. The molecule has 1 aliphatic carbocycles. The van der Waals surface area contributed by atoms with Crippen LogP contribution in [0.15, 0.2) is 0 Å². The van der Waals surface area contributed by atoms with E-state index in [0.29, 0.717) is 0 Å². The van der Waals surface area contributed by atoms with E-state index in [1.165, 1.54) is 19.3 Å². The standard InChI is InChI=1S/C10H21NOS/c1-11(5-2-8-13)6-7-12-9-10-3-4-10/h10,13H,2-9H2,1H3. The van der Waals surface area contributed by atoms with E-state index in [0.717, 1.165) is 38.0 Å². The molecule has 0 spiro atoms. The Kier molecular flexibility index (Phi) is 5.83. The molecule has 0 aromatic heterocycles. The molecule has 0 saturated heterocycles. The first-order chi connectivity index (χ1) is 6.33. The van der Waals surface area contributed by atoms with Gasteiger partial charge in [0, 0.05) is 13.2 Å². The number of thiol groups is 1. The van der Waals surface area contributed by atoms with Gasteiger partial charge in [-0.25, -0.2) is 0 Å². The number of hydrogen-bond donors (Lipinski definition) is 1. The smallest absolute Gasteiger partial charge is 0.0593 e. The van der Waals surface area contributed by atoms with Crippen LogP contribution in [0.2, 0.25) is 0 Å². The molecule has 13 heavy (non-hydrogen) atoms. The van der Waals surface area contributed by atoms with E-state index in [4.69, 9.17) is 4.74 Å². The van der Waals surface area contributed by atoms with Crippen molar-refractivity contribution in [2.45, 2.75) is 19.3 Å². The van der Waals surface area contributed by atoms with Gasteiger partial charge in [0.15, 0.2) is 0 Å². The molecule has 1 aliphatic rings. The van der Waals surface area contributed by atoms with Crippen molar-refractivity contribution in [3.8, 4) is 0 Å². The zero-order chi connectivity index (χ0) is 9.52. The van der Waals surface area contributed by atoms with Crippen LogP contribution in [0.25, 0.3) is 0 Å². The highest BCUT2D eigenvalue weighted by Crippen LogP contribution is 2.28. The molecule has 3 heteroatoms. The van der Waals surface area contributed by atoms with Crippen LogP contribution in [0.4, 0.5) is 0 Å². The molecule has 0 atom stereocenters. The van der Waals surface area contributed by atoms with Gasteiger partial charge in [0.25, 0.3) is 0 Å². The average Bonchev–Trinajstić information content (AvgIpc) is 2.92. The Morgan fingerprint density at radius 3 is 2.77 bits per heavy atom. The van der Waals surface area contributed by atoms with Gasteiger partial charge >= 0.3 is 0 Å². The molecular weight excluding hydrogens is 182 g/mol. The van der Waals surface area contributed by atoms with Gasteiger partial charge in [-0.15, -0.1) is 0 Å². The third-order valence-electron chi connectivity index (χ3n) is 2.37. The fraction of sp³-hybridized carbons (Fsp3) is 1.00. The van der Waals surface area contributed by atoms with E-state index < -0.39 is 0 Å². The first kappa shape index (κ1) is 11.3. The molecule has 1 fully saturated rings. The van der Waals surface area contributed by atoms with E-state index in [1.807, 2.05) is 0 Å². The highest BCUT2D eigenvalue weighted by molar-refractivity contribution is 7.80. The molecule has 1 saturated carbocycles. The minimum atomic E-state index is 0.888. The average molecular weight is 203 g/mol. The second-order valence-corrected chi connectivity index (χ2v) is 4.35. The molecule has 0 aromatic carbocycles. The lowest BCUT2D eigenvalue weighted by Crippen LogP contribution is -2.24. The van der Waals surface area contributed by atoms with E-state index >= 15 is 0 Å². The Balaban J connectivity index is 1.79. The first-order valence-corrected chi connectivity index (χ1v) is 5.83. The molecule has 0 bridgehead atoms. The van der Waals surface area contributed by atoms with Crippen LogP contribution in [0.3, 0.4) is 0 Å². The fourth-order valence-electron chi connectivity index (χ4n) is 1.21. The summed E-state index contributed by atoms with van der Waals surface area (Å²) in [4.78, 5) is 2.31. The van der Waals surface area contributed by atoms with Gasteiger partial charge < -0.3 is 9.64 Å². The van der Waals surface area contributed by atoms with Crippen LogP contribution in [0, 0.1) is 5.92 Å². The maximum Gasteiger partial charge on any atom is 0.0593 e. The third-order valence-corrected chi connectivity index (χ3v) is 2.68. The predicted octanol–water partition coefficient (Wildman–Crippen LogP) is 1.66. The Morgan fingerprint density at radius 1 is 1.38 bits per heavy atom. The van der Waals surface area contributed by atoms with Gasteiger partial charge in [0.1, 0.15) is 0 Å². The first-order valence-electron chi connectivity index (χ1n) is 5.20. The number of nitrogens with zero attached hydrogens (tertiary/aromatic N) is 1. The highest BCUT2D eigenvalue weighted by atomic mass is 32.1. The van der Waals surface area contributed by atoms with E-state index in [1.54, 1.807) is 0 Å². The fourth-order valence-corrected chi connectivity index (χ4v) is 1.35. The maximum atomic E-state index is 5.55. The zero-order valence-corrected chi connectivity index (χ0v) is 9.43. The number of likely N-dealkylation sites (N-methyl/N-ethyl adjacent to an activating group) is 1. The number of hydrogen-bond acceptors (Lipinski definition) is 3. The largest absolute Gasteiger partial charge is 0.380 e. The van der Waals surface area contributed by atoms with Gasteiger partial charge in [-0.2, -0.15) is 12.6 Å². The minimum absolute atomic E-state index is 0.888. The van der Waals surface area contributed by atoms with Crippen molar-refractivity contribution in [3.05, 3.63) is 0 Å². The summed E-state index contributed by atoms with van der Waals surface area (Å²) >= 11 is 4.18. The van der Waals surface area contributed by atoms with Gasteiger partial charge in [-0.3, -0.25) is 0 Å². The summed E-state index contributed by atoms with van der Waals surface area (Å²) in [6.07, 6.45) is 3.94. The monoisotopic (exact) mass is 203 g/mol.